The molecule has 0 N–H and O–H groups in total. The zero-order valence-corrected chi connectivity index (χ0v) is 28.8. The quantitative estimate of drug-likeness (QED) is 0.181. The van der Waals surface area contributed by atoms with Crippen LogP contribution in [0, 0.1) is 0 Å². The minimum Gasteiger partial charge on any atom is -0.309 e. The normalized spacial score (nSPS) is 18.5. The summed E-state index contributed by atoms with van der Waals surface area (Å²) in [6.07, 6.45) is 6.98. The van der Waals surface area contributed by atoms with E-state index in [4.69, 9.17) is 0 Å². The molecule has 49 heavy (non-hydrogen) atoms. The maximum absolute atomic E-state index is 2.61. The number of rotatable bonds is 2. The molecule has 6 aromatic carbocycles. The average molecular weight is 646 g/mol. The van der Waals surface area contributed by atoms with Gasteiger partial charge in [-0.3, -0.25) is 0 Å². The topological polar surface area (TPSA) is 3.24 Å². The lowest BCUT2D eigenvalue weighted by molar-refractivity contribution is 0.660. The Morgan fingerprint density at radius 2 is 1.24 bits per heavy atom. The first kappa shape index (κ1) is 27.7. The fraction of sp³-hybridized carbons (Fsp3) is 0.149. The lowest BCUT2D eigenvalue weighted by Crippen LogP contribution is -2.32. The lowest BCUT2D eigenvalue weighted by Gasteiger charge is -2.43. The van der Waals surface area contributed by atoms with Crippen LogP contribution in [0.25, 0.3) is 49.5 Å². The van der Waals surface area contributed by atoms with Crippen LogP contribution in [0.1, 0.15) is 65.4 Å². The lowest BCUT2D eigenvalue weighted by atomic mass is 9.70. The second-order valence-electron chi connectivity index (χ2n) is 14.9. The molecule has 7 aromatic rings. The predicted octanol–water partition coefficient (Wildman–Crippen LogP) is 13.0. The van der Waals surface area contributed by atoms with E-state index < -0.39 is 0 Å². The summed E-state index contributed by atoms with van der Waals surface area (Å²) in [7, 11) is 0. The summed E-state index contributed by atoms with van der Waals surface area (Å²) in [6.45, 7) is 7.23. The first-order valence-corrected chi connectivity index (χ1v) is 18.4. The number of hydrogen-bond donors (Lipinski definition) is 0. The van der Waals surface area contributed by atoms with E-state index in [0.29, 0.717) is 0 Å². The van der Waals surface area contributed by atoms with Crippen molar-refractivity contribution in [1.29, 1.82) is 0 Å². The van der Waals surface area contributed by atoms with Gasteiger partial charge in [-0.1, -0.05) is 123 Å². The van der Waals surface area contributed by atoms with Gasteiger partial charge >= 0.3 is 0 Å². The zero-order chi connectivity index (χ0) is 32.6. The number of anilines is 3. The van der Waals surface area contributed by atoms with Crippen molar-refractivity contribution < 1.29 is 0 Å². The summed E-state index contributed by atoms with van der Waals surface area (Å²) >= 11 is 2.00. The van der Waals surface area contributed by atoms with E-state index in [9.17, 15) is 0 Å². The van der Waals surface area contributed by atoms with Gasteiger partial charge in [0.2, 0.25) is 0 Å². The standard InChI is InChI=1S/C47H35NS/c1-46(2)35-20-8-5-17-33(35)44-31(18-12-22-37(44)46)29-15-6-10-23-39(29)48-40-24-13-19-32-28-14-4-9-21-36(28)47(3,45(32)40)38-27-43-34(26-41(38)48)30-16-7-11-25-42(30)49-43/h4-10,12-24,26-27H,11,25H2,1-3H3. The SMILES string of the molecule is CC1(C)c2ccccc2-c2c(-c3ccccc3N3c4cc5c6c(sc5cc4C4(C)c5ccccc5-c5cccc3c54)CCC=C6)cccc21. The molecule has 2 heteroatoms. The number of benzene rings is 6. The Hall–Kier alpha value is -5.18. The molecule has 4 aliphatic rings. The van der Waals surface area contributed by atoms with E-state index in [1.165, 1.54) is 98.8 Å². The van der Waals surface area contributed by atoms with Gasteiger partial charge in [0, 0.05) is 31.4 Å². The summed E-state index contributed by atoms with van der Waals surface area (Å²) in [5, 5.41) is 1.38. The molecule has 3 aliphatic carbocycles. The van der Waals surface area contributed by atoms with E-state index in [0.717, 1.165) is 12.8 Å². The third-order valence-corrected chi connectivity index (χ3v) is 13.3. The van der Waals surface area contributed by atoms with Crippen molar-refractivity contribution in [3.8, 4) is 33.4 Å². The number of allylic oxidation sites excluding steroid dienone is 1. The van der Waals surface area contributed by atoms with Gasteiger partial charge < -0.3 is 4.90 Å². The number of para-hydroxylation sites is 1. The average Bonchev–Trinajstić information content (AvgIpc) is 3.72. The van der Waals surface area contributed by atoms with Crippen molar-refractivity contribution in [2.24, 2.45) is 0 Å². The highest BCUT2D eigenvalue weighted by atomic mass is 32.1. The number of fused-ring (bicyclic) bond motifs is 11. The maximum atomic E-state index is 2.61. The molecule has 0 spiro atoms. The van der Waals surface area contributed by atoms with E-state index in [-0.39, 0.29) is 10.8 Å². The molecule has 0 saturated carbocycles. The van der Waals surface area contributed by atoms with Crippen molar-refractivity contribution in [3.05, 3.63) is 166 Å². The van der Waals surface area contributed by atoms with Gasteiger partial charge in [-0.25, -0.2) is 0 Å². The molecular weight excluding hydrogens is 611 g/mol. The van der Waals surface area contributed by atoms with Crippen LogP contribution in [0.5, 0.6) is 0 Å². The molecule has 1 unspecified atom stereocenters. The van der Waals surface area contributed by atoms with Crippen molar-refractivity contribution in [2.45, 2.75) is 44.4 Å². The first-order chi connectivity index (χ1) is 24.0. The molecule has 1 atom stereocenters. The monoisotopic (exact) mass is 645 g/mol. The smallest absolute Gasteiger partial charge is 0.0540 e. The highest BCUT2D eigenvalue weighted by Crippen LogP contribution is 2.64. The minimum atomic E-state index is -0.255. The number of hydrogen-bond acceptors (Lipinski definition) is 2. The zero-order valence-electron chi connectivity index (χ0n) is 28.0. The third-order valence-electron chi connectivity index (χ3n) is 12.1. The molecule has 0 radical (unpaired) electrons. The molecular formula is C47H35NS. The van der Waals surface area contributed by atoms with Crippen molar-refractivity contribution in [2.75, 3.05) is 4.90 Å². The minimum absolute atomic E-state index is 0.0559. The number of thiophene rings is 1. The Morgan fingerprint density at radius 3 is 2.12 bits per heavy atom. The van der Waals surface area contributed by atoms with Crippen LogP contribution in [0.4, 0.5) is 17.1 Å². The number of nitrogens with zero attached hydrogens (tertiary/aromatic N) is 1. The maximum Gasteiger partial charge on any atom is 0.0540 e. The van der Waals surface area contributed by atoms with Crippen molar-refractivity contribution >= 4 is 44.6 Å². The van der Waals surface area contributed by atoms with Gasteiger partial charge in [0.25, 0.3) is 0 Å². The van der Waals surface area contributed by atoms with Gasteiger partial charge in [-0.2, -0.15) is 0 Å². The summed E-state index contributed by atoms with van der Waals surface area (Å²) in [6, 6.07) is 46.3. The molecule has 0 amide bonds. The van der Waals surface area contributed by atoms with E-state index >= 15 is 0 Å². The van der Waals surface area contributed by atoms with Gasteiger partial charge in [0.05, 0.1) is 17.1 Å². The van der Waals surface area contributed by atoms with Crippen LogP contribution in [0.15, 0.2) is 127 Å². The van der Waals surface area contributed by atoms with Crippen LogP contribution >= 0.6 is 11.3 Å². The van der Waals surface area contributed by atoms with Crippen molar-refractivity contribution in [3.63, 3.8) is 0 Å². The van der Waals surface area contributed by atoms with E-state index in [1.54, 1.807) is 0 Å². The molecule has 0 saturated heterocycles. The van der Waals surface area contributed by atoms with Gasteiger partial charge in [0.1, 0.15) is 0 Å². The fourth-order valence-electron chi connectivity index (χ4n) is 9.88. The molecule has 1 aromatic heterocycles. The van der Waals surface area contributed by atoms with Crippen LogP contribution in [0.3, 0.4) is 0 Å². The van der Waals surface area contributed by atoms with Gasteiger partial charge in [-0.15, -0.1) is 11.3 Å². The third kappa shape index (κ3) is 3.40. The Bertz CT molecular complexity index is 2610. The van der Waals surface area contributed by atoms with Crippen LogP contribution in [-0.4, -0.2) is 0 Å². The summed E-state index contributed by atoms with van der Waals surface area (Å²) in [5.41, 5.74) is 19.9. The Morgan fingerprint density at radius 1 is 0.571 bits per heavy atom. The highest BCUT2D eigenvalue weighted by molar-refractivity contribution is 7.19. The van der Waals surface area contributed by atoms with E-state index in [1.807, 2.05) is 11.3 Å². The molecule has 0 bridgehead atoms. The largest absolute Gasteiger partial charge is 0.309 e. The second-order valence-corrected chi connectivity index (χ2v) is 16.0. The Balaban J connectivity index is 1.24. The van der Waals surface area contributed by atoms with Crippen LogP contribution in [-0.2, 0) is 17.3 Å². The summed E-state index contributed by atoms with van der Waals surface area (Å²) < 4.78 is 1.40. The van der Waals surface area contributed by atoms with Crippen molar-refractivity contribution in [1.82, 2.24) is 0 Å². The van der Waals surface area contributed by atoms with Crippen LogP contribution in [0.2, 0.25) is 0 Å². The summed E-state index contributed by atoms with van der Waals surface area (Å²) in [5.74, 6) is 0. The first-order valence-electron chi connectivity index (χ1n) is 17.6. The van der Waals surface area contributed by atoms with Crippen LogP contribution < -0.4 is 4.90 Å². The molecule has 1 nitrogen and oxygen atoms in total. The fourth-order valence-corrected chi connectivity index (χ4v) is 11.1. The molecule has 11 rings (SSSR count). The predicted molar refractivity (Wildman–Crippen MR) is 208 cm³/mol. The Kier molecular flexibility index (Phi) is 5.37. The molecule has 1 aliphatic heterocycles. The molecule has 0 fully saturated rings. The van der Waals surface area contributed by atoms with Gasteiger partial charge in [-0.05, 0) is 105 Å². The number of aryl methyl sites for hydroxylation is 1. The highest BCUT2D eigenvalue weighted by Gasteiger charge is 2.49. The van der Waals surface area contributed by atoms with E-state index in [2.05, 4.69) is 159 Å². The Labute approximate surface area is 291 Å². The second kappa shape index (κ2) is 9.49. The van der Waals surface area contributed by atoms with Gasteiger partial charge in [0.15, 0.2) is 0 Å². The molecule has 234 valence electrons. The summed E-state index contributed by atoms with van der Waals surface area (Å²) in [4.78, 5) is 4.13. The molecule has 2 heterocycles.